The highest BCUT2D eigenvalue weighted by molar-refractivity contribution is 9.10. The molecule has 0 unspecified atom stereocenters. The van der Waals surface area contributed by atoms with Gasteiger partial charge < -0.3 is 5.32 Å². The van der Waals surface area contributed by atoms with Crippen LogP contribution in [0.25, 0.3) is 11.3 Å². The van der Waals surface area contributed by atoms with Gasteiger partial charge in [0.15, 0.2) is 0 Å². The molecule has 1 N–H and O–H groups in total. The number of rotatable bonds is 4. The molecule has 0 saturated heterocycles. The van der Waals surface area contributed by atoms with E-state index < -0.39 is 0 Å². The van der Waals surface area contributed by atoms with Crippen LogP contribution in [0.1, 0.15) is 33.6 Å². The number of amides is 1. The van der Waals surface area contributed by atoms with Crippen LogP contribution < -0.4 is 5.32 Å². The average molecular weight is 431 g/mol. The van der Waals surface area contributed by atoms with Crippen LogP contribution in [0.2, 0.25) is 0 Å². The molecule has 4 rings (SSSR count). The zero-order valence-corrected chi connectivity index (χ0v) is 16.8. The first-order chi connectivity index (χ1) is 12.6. The molecule has 134 valence electrons. The summed E-state index contributed by atoms with van der Waals surface area (Å²) in [5, 5.41) is 7.53. The fraction of sp³-hybridized carbons (Fsp3) is 0.316. The highest BCUT2D eigenvalue weighted by Gasteiger charge is 2.23. The van der Waals surface area contributed by atoms with Crippen LogP contribution in [0.4, 0.5) is 0 Å². The molecule has 0 bridgehead atoms. The predicted molar refractivity (Wildman–Crippen MR) is 106 cm³/mol. The number of nitrogens with zero attached hydrogens (tertiary/aromatic N) is 3. The summed E-state index contributed by atoms with van der Waals surface area (Å²) in [6.07, 6.45) is 6.34. The second-order valence-electron chi connectivity index (χ2n) is 6.52. The van der Waals surface area contributed by atoms with Crippen LogP contribution >= 0.6 is 27.3 Å². The summed E-state index contributed by atoms with van der Waals surface area (Å²) in [6.45, 7) is 2.92. The number of hydrogen-bond donors (Lipinski definition) is 1. The molecule has 1 aliphatic heterocycles. The molecular weight excluding hydrogens is 412 g/mol. The van der Waals surface area contributed by atoms with Gasteiger partial charge >= 0.3 is 0 Å². The van der Waals surface area contributed by atoms with Gasteiger partial charge in [0.25, 0.3) is 5.91 Å². The van der Waals surface area contributed by atoms with Gasteiger partial charge in [-0.15, -0.1) is 11.3 Å². The zero-order chi connectivity index (χ0) is 18.1. The summed E-state index contributed by atoms with van der Waals surface area (Å²) in [7, 11) is 0. The fourth-order valence-electron chi connectivity index (χ4n) is 3.29. The summed E-state index contributed by atoms with van der Waals surface area (Å²) >= 11 is 5.19. The maximum Gasteiger partial charge on any atom is 0.261 e. The summed E-state index contributed by atoms with van der Waals surface area (Å²) in [4.78, 5) is 19.1. The topological polar surface area (TPSA) is 59.8 Å². The maximum atomic E-state index is 12.7. The number of thiophene rings is 1. The molecule has 26 heavy (non-hydrogen) atoms. The van der Waals surface area contributed by atoms with E-state index in [1.165, 1.54) is 4.88 Å². The number of aromatic nitrogens is 3. The second kappa shape index (κ2) is 7.32. The molecule has 1 atom stereocenters. The molecule has 7 heteroatoms. The third kappa shape index (κ3) is 3.46. The summed E-state index contributed by atoms with van der Waals surface area (Å²) in [5.74, 6) is -0.0197. The predicted octanol–water partition coefficient (Wildman–Crippen LogP) is 4.08. The van der Waals surface area contributed by atoms with Gasteiger partial charge in [0, 0.05) is 41.3 Å². The minimum Gasteiger partial charge on any atom is -0.348 e. The minimum absolute atomic E-state index is 0.0197. The first kappa shape index (κ1) is 17.4. The van der Waals surface area contributed by atoms with E-state index in [2.05, 4.69) is 31.3 Å². The van der Waals surface area contributed by atoms with Crippen molar-refractivity contribution in [3.8, 4) is 11.3 Å². The molecular formula is C19H19BrN4OS. The highest BCUT2D eigenvalue weighted by atomic mass is 79.9. The average Bonchev–Trinajstić information content (AvgIpc) is 3.15. The lowest BCUT2D eigenvalue weighted by Crippen LogP contribution is -2.33. The second-order valence-corrected chi connectivity index (χ2v) is 8.51. The van der Waals surface area contributed by atoms with Crippen LogP contribution in [0.15, 0.2) is 41.1 Å². The summed E-state index contributed by atoms with van der Waals surface area (Å²) in [5.41, 5.74) is 3.18. The Morgan fingerprint density at radius 3 is 3.15 bits per heavy atom. The monoisotopic (exact) mass is 430 g/mol. The quantitative estimate of drug-likeness (QED) is 0.678. The van der Waals surface area contributed by atoms with Crippen molar-refractivity contribution in [3.63, 3.8) is 0 Å². The smallest absolute Gasteiger partial charge is 0.261 e. The lowest BCUT2D eigenvalue weighted by molar-refractivity contribution is 0.0944. The van der Waals surface area contributed by atoms with Gasteiger partial charge in [0.1, 0.15) is 0 Å². The lowest BCUT2D eigenvalue weighted by Gasteiger charge is -2.12. The largest absolute Gasteiger partial charge is 0.348 e. The number of carbonyl (C=O) groups excluding carboxylic acids is 1. The molecule has 0 radical (unpaired) electrons. The summed E-state index contributed by atoms with van der Waals surface area (Å²) < 4.78 is 3.00. The molecule has 1 amide bonds. The number of pyridine rings is 1. The van der Waals surface area contributed by atoms with E-state index in [4.69, 9.17) is 0 Å². The molecule has 3 aromatic heterocycles. The van der Waals surface area contributed by atoms with Crippen molar-refractivity contribution >= 4 is 33.2 Å². The van der Waals surface area contributed by atoms with E-state index in [0.717, 1.165) is 52.1 Å². The number of nitrogens with one attached hydrogen (secondary N) is 1. The maximum absolute atomic E-state index is 12.7. The van der Waals surface area contributed by atoms with Crippen LogP contribution in [0, 0.1) is 0 Å². The van der Waals surface area contributed by atoms with Crippen molar-refractivity contribution < 1.29 is 4.79 Å². The lowest BCUT2D eigenvalue weighted by atomic mass is 10.1. The van der Waals surface area contributed by atoms with Crippen molar-refractivity contribution in [3.05, 3.63) is 56.6 Å². The minimum atomic E-state index is -0.0197. The molecule has 0 aliphatic carbocycles. The number of aryl methyl sites for hydroxylation is 2. The Balaban J connectivity index is 1.53. The van der Waals surface area contributed by atoms with Gasteiger partial charge in [0.2, 0.25) is 0 Å². The Hall–Kier alpha value is -1.99. The zero-order valence-electron chi connectivity index (χ0n) is 14.4. The van der Waals surface area contributed by atoms with Crippen LogP contribution in [0.5, 0.6) is 0 Å². The van der Waals surface area contributed by atoms with Gasteiger partial charge in [0.05, 0.1) is 21.2 Å². The SMILES string of the molecule is C[C@H](Cc1ccccn1)NC(=O)c1cc2c(s1)CCCn1ncc(Br)c1-2. The van der Waals surface area contributed by atoms with Crippen molar-refractivity contribution in [1.82, 2.24) is 20.1 Å². The Morgan fingerprint density at radius 2 is 2.35 bits per heavy atom. The van der Waals surface area contributed by atoms with Gasteiger partial charge in [-0.3, -0.25) is 14.5 Å². The molecule has 0 spiro atoms. The van der Waals surface area contributed by atoms with Gasteiger partial charge in [-0.2, -0.15) is 5.10 Å². The van der Waals surface area contributed by atoms with Crippen LogP contribution in [-0.4, -0.2) is 26.7 Å². The Bertz CT molecular complexity index is 934. The Labute approximate surface area is 164 Å². The number of carbonyl (C=O) groups is 1. The molecule has 0 aromatic carbocycles. The van der Waals surface area contributed by atoms with Gasteiger partial charge in [-0.05, 0) is 53.9 Å². The Kier molecular flexibility index (Phi) is 4.91. The van der Waals surface area contributed by atoms with Crippen LogP contribution in [-0.2, 0) is 19.4 Å². The van der Waals surface area contributed by atoms with E-state index in [1.54, 1.807) is 17.5 Å². The molecule has 0 fully saturated rings. The number of fused-ring (bicyclic) bond motifs is 3. The van der Waals surface area contributed by atoms with E-state index >= 15 is 0 Å². The number of hydrogen-bond acceptors (Lipinski definition) is 4. The third-order valence-corrected chi connectivity index (χ3v) is 6.25. The molecule has 5 nitrogen and oxygen atoms in total. The van der Waals surface area contributed by atoms with Gasteiger partial charge in [-0.1, -0.05) is 6.07 Å². The van der Waals surface area contributed by atoms with Crippen molar-refractivity contribution in [2.24, 2.45) is 0 Å². The molecule has 3 aromatic rings. The van der Waals surface area contributed by atoms with E-state index in [0.29, 0.717) is 0 Å². The van der Waals surface area contributed by atoms with E-state index in [-0.39, 0.29) is 11.9 Å². The fourth-order valence-corrected chi connectivity index (χ4v) is 4.91. The molecule has 0 saturated carbocycles. The van der Waals surface area contributed by atoms with E-state index in [1.807, 2.05) is 42.1 Å². The first-order valence-electron chi connectivity index (χ1n) is 8.67. The molecule has 1 aliphatic rings. The Morgan fingerprint density at radius 1 is 1.46 bits per heavy atom. The summed E-state index contributed by atoms with van der Waals surface area (Å²) in [6, 6.07) is 7.88. The van der Waals surface area contributed by atoms with Crippen molar-refractivity contribution in [1.29, 1.82) is 0 Å². The normalized spacial score (nSPS) is 14.2. The van der Waals surface area contributed by atoms with E-state index in [9.17, 15) is 4.79 Å². The van der Waals surface area contributed by atoms with Crippen molar-refractivity contribution in [2.75, 3.05) is 0 Å². The van der Waals surface area contributed by atoms with Gasteiger partial charge in [-0.25, -0.2) is 0 Å². The first-order valence-corrected chi connectivity index (χ1v) is 10.3. The van der Waals surface area contributed by atoms with Crippen molar-refractivity contribution in [2.45, 2.75) is 38.8 Å². The molecule has 4 heterocycles. The standard InChI is InChI=1S/C19H19BrN4OS/c1-12(9-13-5-2-3-7-21-13)23-19(25)17-10-14-16(26-17)6-4-8-24-18(14)15(20)11-22-24/h2-3,5,7,10-12H,4,6,8-9H2,1H3,(H,23,25)/t12-/m1/s1. The third-order valence-electron chi connectivity index (χ3n) is 4.48. The van der Waals surface area contributed by atoms with Crippen LogP contribution in [0.3, 0.4) is 0 Å². The highest BCUT2D eigenvalue weighted by Crippen LogP contribution is 2.38. The number of halogens is 1.